The van der Waals surface area contributed by atoms with Crippen LogP contribution in [0.2, 0.25) is 0 Å². The number of imide groups is 1. The van der Waals surface area contributed by atoms with Crippen LogP contribution in [0.15, 0.2) is 36.3 Å². The SMILES string of the molecule is CC(=O)N1CC(=O)NC(=Cc2ncn(CCCN3CCc4ccccc43)c2C(C)C)C1=O. The Morgan fingerprint density at radius 3 is 2.75 bits per heavy atom. The lowest BCUT2D eigenvalue weighted by atomic mass is 10.1. The van der Waals surface area contributed by atoms with Crippen LogP contribution in [-0.2, 0) is 27.3 Å². The molecule has 8 heteroatoms. The topological polar surface area (TPSA) is 87.5 Å². The van der Waals surface area contributed by atoms with Crippen LogP contribution in [0.4, 0.5) is 5.69 Å². The number of aromatic nitrogens is 2. The van der Waals surface area contributed by atoms with E-state index in [0.717, 1.165) is 43.1 Å². The second-order valence-corrected chi connectivity index (χ2v) is 8.60. The molecule has 0 unspecified atom stereocenters. The maximum absolute atomic E-state index is 12.6. The number of aryl methyl sites for hydroxylation is 1. The Hall–Kier alpha value is -3.42. The molecule has 1 aromatic carbocycles. The summed E-state index contributed by atoms with van der Waals surface area (Å²) in [6.45, 7) is 8.00. The fourth-order valence-electron chi connectivity index (χ4n) is 4.49. The fourth-order valence-corrected chi connectivity index (χ4v) is 4.49. The summed E-state index contributed by atoms with van der Waals surface area (Å²) in [5.74, 6) is -1.17. The third-order valence-electron chi connectivity index (χ3n) is 5.98. The maximum Gasteiger partial charge on any atom is 0.277 e. The van der Waals surface area contributed by atoms with E-state index in [4.69, 9.17) is 0 Å². The second-order valence-electron chi connectivity index (χ2n) is 8.60. The van der Waals surface area contributed by atoms with Gasteiger partial charge in [-0.1, -0.05) is 32.0 Å². The zero-order valence-corrected chi connectivity index (χ0v) is 18.8. The van der Waals surface area contributed by atoms with E-state index in [2.05, 4.69) is 57.9 Å². The van der Waals surface area contributed by atoms with E-state index in [1.165, 1.54) is 18.2 Å². The smallest absolute Gasteiger partial charge is 0.277 e. The van der Waals surface area contributed by atoms with Gasteiger partial charge in [-0.05, 0) is 36.5 Å². The predicted molar refractivity (Wildman–Crippen MR) is 122 cm³/mol. The number of benzene rings is 1. The highest BCUT2D eigenvalue weighted by Gasteiger charge is 2.31. The normalized spacial score (nSPS) is 17.3. The van der Waals surface area contributed by atoms with Crippen LogP contribution in [0.25, 0.3) is 6.08 Å². The molecule has 3 heterocycles. The van der Waals surface area contributed by atoms with Gasteiger partial charge in [0.1, 0.15) is 12.2 Å². The molecule has 2 aromatic rings. The molecule has 168 valence electrons. The molecule has 0 radical (unpaired) electrons. The number of piperazine rings is 1. The van der Waals surface area contributed by atoms with Gasteiger partial charge >= 0.3 is 0 Å². The lowest BCUT2D eigenvalue weighted by molar-refractivity contribution is -0.147. The third kappa shape index (κ3) is 4.30. The molecule has 1 aromatic heterocycles. The maximum atomic E-state index is 12.6. The first kappa shape index (κ1) is 21.8. The lowest BCUT2D eigenvalue weighted by Crippen LogP contribution is -2.51. The van der Waals surface area contributed by atoms with Crippen LogP contribution in [0.3, 0.4) is 0 Å². The number of para-hydroxylation sites is 1. The molecule has 8 nitrogen and oxygen atoms in total. The third-order valence-corrected chi connectivity index (χ3v) is 5.98. The summed E-state index contributed by atoms with van der Waals surface area (Å²) < 4.78 is 2.12. The van der Waals surface area contributed by atoms with E-state index < -0.39 is 11.8 Å². The number of amides is 3. The molecule has 0 saturated carbocycles. The molecule has 2 aliphatic heterocycles. The van der Waals surface area contributed by atoms with Gasteiger partial charge in [0.25, 0.3) is 5.91 Å². The number of nitrogens with one attached hydrogen (secondary N) is 1. The van der Waals surface area contributed by atoms with Gasteiger partial charge in [0.2, 0.25) is 11.8 Å². The van der Waals surface area contributed by atoms with Crippen molar-refractivity contribution in [3.8, 4) is 0 Å². The van der Waals surface area contributed by atoms with Crippen molar-refractivity contribution in [3.63, 3.8) is 0 Å². The molecule has 1 saturated heterocycles. The van der Waals surface area contributed by atoms with Gasteiger partial charge in [-0.2, -0.15) is 0 Å². The highest BCUT2D eigenvalue weighted by molar-refractivity contribution is 6.12. The summed E-state index contributed by atoms with van der Waals surface area (Å²) in [6, 6.07) is 8.56. The highest BCUT2D eigenvalue weighted by atomic mass is 16.2. The molecule has 1 N–H and O–H groups in total. The van der Waals surface area contributed by atoms with Crippen LogP contribution in [0, 0.1) is 0 Å². The summed E-state index contributed by atoms with van der Waals surface area (Å²) in [7, 11) is 0. The predicted octanol–water partition coefficient (Wildman–Crippen LogP) is 2.31. The van der Waals surface area contributed by atoms with Crippen LogP contribution in [0.1, 0.15) is 50.1 Å². The van der Waals surface area contributed by atoms with E-state index in [1.54, 1.807) is 12.4 Å². The van der Waals surface area contributed by atoms with Crippen molar-refractivity contribution in [2.24, 2.45) is 0 Å². The molecule has 0 atom stereocenters. The van der Waals surface area contributed by atoms with E-state index in [-0.39, 0.29) is 24.1 Å². The Balaban J connectivity index is 1.49. The summed E-state index contributed by atoms with van der Waals surface area (Å²) in [6.07, 6.45) is 5.43. The molecule has 0 bridgehead atoms. The highest BCUT2D eigenvalue weighted by Crippen LogP contribution is 2.28. The Kier molecular flexibility index (Phi) is 6.12. The van der Waals surface area contributed by atoms with E-state index in [9.17, 15) is 14.4 Å². The molecular weight excluding hydrogens is 406 g/mol. The standard InChI is InChI=1S/C24H29N5O3/c1-16(2)23-19(13-20-24(32)29(17(3)30)14-22(31)26-20)25-15-28(23)11-6-10-27-12-9-18-7-4-5-8-21(18)27/h4-5,7-8,13,15-16H,6,9-12,14H2,1-3H3,(H,26,31). The van der Waals surface area contributed by atoms with Crippen molar-refractivity contribution < 1.29 is 14.4 Å². The number of rotatable bonds is 6. The number of carbonyl (C=O) groups excluding carboxylic acids is 3. The minimum atomic E-state index is -0.506. The number of fused-ring (bicyclic) bond motifs is 1. The number of anilines is 1. The van der Waals surface area contributed by atoms with Gasteiger partial charge in [0, 0.05) is 37.9 Å². The zero-order chi connectivity index (χ0) is 22.8. The molecule has 4 rings (SSSR count). The first-order valence-electron chi connectivity index (χ1n) is 11.1. The van der Waals surface area contributed by atoms with Crippen molar-refractivity contribution in [2.45, 2.75) is 46.1 Å². The first-order chi connectivity index (χ1) is 15.3. The Labute approximate surface area is 187 Å². The van der Waals surface area contributed by atoms with Crippen molar-refractivity contribution in [3.05, 3.63) is 53.2 Å². The molecule has 0 spiro atoms. The van der Waals surface area contributed by atoms with E-state index in [1.807, 2.05) is 0 Å². The summed E-state index contributed by atoms with van der Waals surface area (Å²) in [4.78, 5) is 44.2. The average molecular weight is 436 g/mol. The number of hydrogen-bond donors (Lipinski definition) is 1. The summed E-state index contributed by atoms with van der Waals surface area (Å²) in [5, 5.41) is 2.59. The van der Waals surface area contributed by atoms with E-state index in [0.29, 0.717) is 5.69 Å². The summed E-state index contributed by atoms with van der Waals surface area (Å²) >= 11 is 0. The van der Waals surface area contributed by atoms with Crippen LogP contribution >= 0.6 is 0 Å². The molecule has 0 aliphatic carbocycles. The summed E-state index contributed by atoms with van der Waals surface area (Å²) in [5.41, 5.74) is 4.46. The fraction of sp³-hybridized carbons (Fsp3) is 0.417. The van der Waals surface area contributed by atoms with Gasteiger partial charge in [-0.15, -0.1) is 0 Å². The van der Waals surface area contributed by atoms with Gasteiger partial charge < -0.3 is 14.8 Å². The van der Waals surface area contributed by atoms with Crippen molar-refractivity contribution in [1.82, 2.24) is 19.8 Å². The largest absolute Gasteiger partial charge is 0.371 e. The number of imidazole rings is 1. The Morgan fingerprint density at radius 2 is 2.00 bits per heavy atom. The van der Waals surface area contributed by atoms with Crippen molar-refractivity contribution >= 4 is 29.5 Å². The first-order valence-corrected chi connectivity index (χ1v) is 11.1. The zero-order valence-electron chi connectivity index (χ0n) is 18.8. The molecule has 2 aliphatic rings. The van der Waals surface area contributed by atoms with Crippen molar-refractivity contribution in [2.75, 3.05) is 24.5 Å². The van der Waals surface area contributed by atoms with Gasteiger partial charge in [-0.3, -0.25) is 19.3 Å². The second kappa shape index (κ2) is 8.98. The monoisotopic (exact) mass is 435 g/mol. The van der Waals surface area contributed by atoms with E-state index >= 15 is 0 Å². The van der Waals surface area contributed by atoms with Gasteiger partial charge in [0.15, 0.2) is 0 Å². The lowest BCUT2D eigenvalue weighted by Gasteiger charge is -2.25. The minimum Gasteiger partial charge on any atom is -0.371 e. The Bertz CT molecular complexity index is 1090. The molecule has 1 fully saturated rings. The van der Waals surface area contributed by atoms with Gasteiger partial charge in [-0.25, -0.2) is 4.98 Å². The minimum absolute atomic E-state index is 0.0808. The number of nitrogens with zero attached hydrogens (tertiary/aromatic N) is 4. The van der Waals surface area contributed by atoms with Crippen LogP contribution in [-0.4, -0.2) is 51.8 Å². The quantitative estimate of drug-likeness (QED) is 0.704. The number of hydrogen-bond acceptors (Lipinski definition) is 5. The van der Waals surface area contributed by atoms with Crippen molar-refractivity contribution in [1.29, 1.82) is 0 Å². The van der Waals surface area contributed by atoms with Gasteiger partial charge in [0.05, 0.1) is 12.0 Å². The van der Waals surface area contributed by atoms with Crippen LogP contribution in [0.5, 0.6) is 0 Å². The Morgan fingerprint density at radius 1 is 1.22 bits per heavy atom. The number of carbonyl (C=O) groups is 3. The molecular formula is C24H29N5O3. The molecule has 3 amide bonds. The van der Waals surface area contributed by atoms with Crippen LogP contribution < -0.4 is 10.2 Å². The average Bonchev–Trinajstić information content (AvgIpc) is 3.34. The molecule has 32 heavy (non-hydrogen) atoms.